The Morgan fingerprint density at radius 2 is 1.72 bits per heavy atom. The van der Waals surface area contributed by atoms with E-state index in [1.54, 1.807) is 13.0 Å². The number of piperidine rings is 1. The number of alkyl halides is 1. The summed E-state index contributed by atoms with van der Waals surface area (Å²) in [6.07, 6.45) is 3.83. The molecular formula is C42H42FN9O5. The molecule has 2 unspecified atom stereocenters. The van der Waals surface area contributed by atoms with Gasteiger partial charge in [-0.15, -0.1) is 0 Å². The standard InChI is InChI=1S/C42H42FN9O5/c1-25-7-10-28(19-32(25)40(56)51(24-53)33-13-14-34(54)47-39(33)55)49-20-29(21-49)50-22-42(41(50)43)17-15-27(16-18-42)52-38-35(37(44)45-23-46-38)36(48-52)26-8-11-31(12-9-26)57-30-5-3-2-4-6-30/h2-12,19,23-24,27,29,33,41H,13-18,20-22H2,1H3,(H2,44,45,46)(H,47,54,55). The lowest BCUT2D eigenvalue weighted by molar-refractivity contribution is -0.190. The van der Waals surface area contributed by atoms with Gasteiger partial charge >= 0.3 is 0 Å². The maximum atomic E-state index is 16.2. The number of fused-ring (bicyclic) bond motifs is 1. The van der Waals surface area contributed by atoms with Crippen LogP contribution >= 0.6 is 0 Å². The number of carbonyl (C=O) groups is 4. The van der Waals surface area contributed by atoms with E-state index in [2.05, 4.69) is 20.2 Å². The van der Waals surface area contributed by atoms with Gasteiger partial charge in [0.25, 0.3) is 5.91 Å². The number of aromatic nitrogens is 4. The van der Waals surface area contributed by atoms with Crippen molar-refractivity contribution in [3.63, 3.8) is 0 Å². The number of halogens is 1. The van der Waals surface area contributed by atoms with Crippen LogP contribution in [0.2, 0.25) is 0 Å². The number of nitrogens with zero attached hydrogens (tertiary/aromatic N) is 7. The molecule has 1 aliphatic carbocycles. The number of imide groups is 2. The highest BCUT2D eigenvalue weighted by molar-refractivity contribution is 6.08. The lowest BCUT2D eigenvalue weighted by atomic mass is 9.65. The smallest absolute Gasteiger partial charge is 0.261 e. The molecule has 0 radical (unpaired) electrons. The number of likely N-dealkylation sites (tertiary alicyclic amines) is 1. The normalized spacial score (nSPS) is 23.8. The van der Waals surface area contributed by atoms with E-state index in [0.29, 0.717) is 65.5 Å². The Balaban J connectivity index is 0.833. The second-order valence-electron chi connectivity index (χ2n) is 15.6. The Kier molecular flexibility index (Phi) is 9.18. The minimum atomic E-state index is -1.06. The summed E-state index contributed by atoms with van der Waals surface area (Å²) in [4.78, 5) is 63.3. The molecule has 4 amide bonds. The zero-order chi connectivity index (χ0) is 39.4. The van der Waals surface area contributed by atoms with Gasteiger partial charge in [0.2, 0.25) is 18.2 Å². The molecule has 1 saturated carbocycles. The van der Waals surface area contributed by atoms with Crippen LogP contribution in [0.15, 0.2) is 79.1 Å². The second-order valence-corrected chi connectivity index (χ2v) is 15.6. The SMILES string of the molecule is Cc1ccc(N2CC(N3CC4(CCC(n5nc(-c6ccc(Oc7ccccc7)cc6)c6c(N)ncnc65)CC4)C3F)C2)cc1C(=O)N(C=O)C1CCC(=O)NC1=O. The molecule has 4 fully saturated rings. The van der Waals surface area contributed by atoms with Crippen molar-refractivity contribution in [3.05, 3.63) is 90.3 Å². The fraction of sp³-hybridized carbons (Fsp3) is 0.357. The number of ether oxygens (including phenoxy) is 1. The number of nitrogens with two attached hydrogens (primary N) is 1. The zero-order valence-corrected chi connectivity index (χ0v) is 31.4. The van der Waals surface area contributed by atoms with E-state index in [0.717, 1.165) is 47.6 Å². The minimum Gasteiger partial charge on any atom is -0.457 e. The van der Waals surface area contributed by atoms with Gasteiger partial charge in [0.15, 0.2) is 11.9 Å². The molecule has 14 nitrogen and oxygen atoms in total. The third kappa shape index (κ3) is 6.45. The van der Waals surface area contributed by atoms with Crippen molar-refractivity contribution in [2.24, 2.45) is 5.41 Å². The van der Waals surface area contributed by atoms with Crippen LogP contribution in [0.3, 0.4) is 0 Å². The highest BCUT2D eigenvalue weighted by atomic mass is 19.1. The number of hydrogen-bond donors (Lipinski definition) is 2. The predicted octanol–water partition coefficient (Wildman–Crippen LogP) is 5.18. The number of rotatable bonds is 9. The molecule has 2 atom stereocenters. The topological polar surface area (TPSA) is 169 Å². The number of nitrogen functional groups attached to an aromatic ring is 1. The molecule has 5 aromatic rings. The molecule has 4 aliphatic rings. The summed E-state index contributed by atoms with van der Waals surface area (Å²) < 4.78 is 24.2. The van der Waals surface area contributed by atoms with Gasteiger partial charge in [0.05, 0.1) is 11.4 Å². The Hall–Kier alpha value is -6.22. The average molecular weight is 772 g/mol. The lowest BCUT2D eigenvalue weighted by Crippen LogP contribution is -2.73. The van der Waals surface area contributed by atoms with E-state index in [9.17, 15) is 19.2 Å². The first kappa shape index (κ1) is 36.4. The third-order valence-corrected chi connectivity index (χ3v) is 12.3. The highest BCUT2D eigenvalue weighted by Crippen LogP contribution is 2.53. The highest BCUT2D eigenvalue weighted by Gasteiger charge is 2.58. The van der Waals surface area contributed by atoms with Crippen LogP contribution in [-0.4, -0.2) is 91.7 Å². The zero-order valence-electron chi connectivity index (χ0n) is 31.4. The molecule has 0 bridgehead atoms. The lowest BCUT2D eigenvalue weighted by Gasteiger charge is -2.61. The van der Waals surface area contributed by atoms with E-state index in [1.165, 1.54) is 6.33 Å². The number of hydrogen-bond acceptors (Lipinski definition) is 11. The number of benzene rings is 3. The van der Waals surface area contributed by atoms with Crippen LogP contribution in [0, 0.1) is 12.3 Å². The van der Waals surface area contributed by atoms with Crippen molar-refractivity contribution in [3.8, 4) is 22.8 Å². The van der Waals surface area contributed by atoms with Crippen molar-refractivity contribution in [1.29, 1.82) is 0 Å². The van der Waals surface area contributed by atoms with Crippen LogP contribution in [0.4, 0.5) is 15.9 Å². The Morgan fingerprint density at radius 3 is 2.42 bits per heavy atom. The molecule has 3 N–H and O–H groups in total. The largest absolute Gasteiger partial charge is 0.457 e. The summed E-state index contributed by atoms with van der Waals surface area (Å²) in [5, 5.41) is 7.95. The monoisotopic (exact) mass is 771 g/mol. The van der Waals surface area contributed by atoms with Gasteiger partial charge in [-0.3, -0.25) is 34.3 Å². The van der Waals surface area contributed by atoms with Crippen molar-refractivity contribution in [2.45, 2.75) is 69.9 Å². The molecular weight excluding hydrogens is 730 g/mol. The van der Waals surface area contributed by atoms with Gasteiger partial charge in [-0.05, 0) is 93.1 Å². The van der Waals surface area contributed by atoms with Gasteiger partial charge in [-0.2, -0.15) is 5.10 Å². The Morgan fingerprint density at radius 1 is 0.982 bits per heavy atom. The van der Waals surface area contributed by atoms with Gasteiger partial charge < -0.3 is 15.4 Å². The summed E-state index contributed by atoms with van der Waals surface area (Å²) >= 11 is 0. The fourth-order valence-electron chi connectivity index (χ4n) is 8.91. The first-order valence-electron chi connectivity index (χ1n) is 19.3. The van der Waals surface area contributed by atoms with Crippen molar-refractivity contribution in [1.82, 2.24) is 34.9 Å². The average Bonchev–Trinajstić information content (AvgIpc) is 3.60. The molecule has 2 aromatic heterocycles. The molecule has 1 spiro atoms. The molecule has 292 valence electrons. The van der Waals surface area contributed by atoms with E-state index < -0.39 is 35.5 Å². The molecule has 3 saturated heterocycles. The summed E-state index contributed by atoms with van der Waals surface area (Å²) in [6.45, 7) is 3.64. The number of para-hydroxylation sites is 1. The molecule has 57 heavy (non-hydrogen) atoms. The summed E-state index contributed by atoms with van der Waals surface area (Å²) in [5.74, 6) is 0.118. The third-order valence-electron chi connectivity index (χ3n) is 12.3. The van der Waals surface area contributed by atoms with Crippen molar-refractivity contribution in [2.75, 3.05) is 30.3 Å². The van der Waals surface area contributed by atoms with E-state index >= 15 is 4.39 Å². The van der Waals surface area contributed by atoms with Crippen LogP contribution in [0.1, 0.15) is 60.5 Å². The first-order valence-corrected chi connectivity index (χ1v) is 19.3. The first-order chi connectivity index (χ1) is 27.6. The van der Waals surface area contributed by atoms with Crippen LogP contribution in [0.25, 0.3) is 22.3 Å². The van der Waals surface area contributed by atoms with Gasteiger partial charge in [-0.25, -0.2) is 19.0 Å². The number of anilines is 2. The number of amides is 4. The van der Waals surface area contributed by atoms with Crippen molar-refractivity contribution >= 4 is 46.7 Å². The van der Waals surface area contributed by atoms with Gasteiger partial charge in [0.1, 0.15) is 35.4 Å². The molecule has 15 heteroatoms. The van der Waals surface area contributed by atoms with Gasteiger partial charge in [-0.1, -0.05) is 24.3 Å². The minimum absolute atomic E-state index is 0.0283. The number of nitrogens with one attached hydrogen (secondary N) is 1. The summed E-state index contributed by atoms with van der Waals surface area (Å²) in [5.41, 5.74) is 9.97. The van der Waals surface area contributed by atoms with Crippen molar-refractivity contribution < 1.29 is 28.3 Å². The summed E-state index contributed by atoms with van der Waals surface area (Å²) in [7, 11) is 0. The molecule has 3 aliphatic heterocycles. The quantitative estimate of drug-likeness (QED) is 0.115. The Labute approximate surface area is 327 Å². The molecule has 5 heterocycles. The maximum absolute atomic E-state index is 16.2. The van der Waals surface area contributed by atoms with Crippen LogP contribution < -0.4 is 20.7 Å². The molecule has 9 rings (SSSR count). The van der Waals surface area contributed by atoms with Gasteiger partial charge in [0, 0.05) is 54.3 Å². The second kappa shape index (κ2) is 14.4. The number of carbonyl (C=O) groups excluding carboxylic acids is 4. The van der Waals surface area contributed by atoms with E-state index in [-0.39, 0.29) is 24.9 Å². The van der Waals surface area contributed by atoms with E-state index in [4.69, 9.17) is 15.6 Å². The number of aryl methyl sites for hydroxylation is 1. The van der Waals surface area contributed by atoms with Crippen LogP contribution in [-0.2, 0) is 14.4 Å². The Bertz CT molecular complexity index is 2370. The van der Waals surface area contributed by atoms with E-state index in [1.807, 2.05) is 76.3 Å². The maximum Gasteiger partial charge on any atom is 0.261 e. The fourth-order valence-corrected chi connectivity index (χ4v) is 8.91. The molecule has 3 aromatic carbocycles. The van der Waals surface area contributed by atoms with Crippen LogP contribution in [0.5, 0.6) is 11.5 Å². The predicted molar refractivity (Wildman–Crippen MR) is 209 cm³/mol. The summed E-state index contributed by atoms with van der Waals surface area (Å²) in [6, 6.07) is 21.7.